The Morgan fingerprint density at radius 1 is 1.14 bits per heavy atom. The highest BCUT2D eigenvalue weighted by molar-refractivity contribution is 7.88. The van der Waals surface area contributed by atoms with Gasteiger partial charge in [0.25, 0.3) is 0 Å². The van der Waals surface area contributed by atoms with Gasteiger partial charge in [0.15, 0.2) is 0 Å². The number of nitrogens with zero attached hydrogens (tertiary/aromatic N) is 1. The van der Waals surface area contributed by atoms with Crippen LogP contribution in [0.15, 0.2) is 36.4 Å². The summed E-state index contributed by atoms with van der Waals surface area (Å²) >= 11 is 11.9. The molecule has 29 heavy (non-hydrogen) atoms. The standard InChI is InChI=1S/C21H24Cl2N2O3S/c1-14-5-6-15(2)20(10-14)24-21(26)17-4-3-9-25(12-17)29(27,28)13-16-7-8-18(22)19(23)11-16/h5-8,10-11,17H,3-4,9,12-13H2,1-2H3,(H,24,26)/t17-/m0/s1. The van der Waals surface area contributed by atoms with Gasteiger partial charge in [0.2, 0.25) is 15.9 Å². The van der Waals surface area contributed by atoms with Crippen molar-refractivity contribution in [2.75, 3.05) is 18.4 Å². The summed E-state index contributed by atoms with van der Waals surface area (Å²) in [6.45, 7) is 4.49. The van der Waals surface area contributed by atoms with Gasteiger partial charge in [-0.2, -0.15) is 0 Å². The van der Waals surface area contributed by atoms with Gasteiger partial charge in [0, 0.05) is 18.8 Å². The molecule has 0 aliphatic carbocycles. The van der Waals surface area contributed by atoms with E-state index in [1.54, 1.807) is 18.2 Å². The molecule has 2 aromatic rings. The first-order chi connectivity index (χ1) is 13.7. The number of nitrogens with one attached hydrogen (secondary N) is 1. The zero-order valence-electron chi connectivity index (χ0n) is 16.4. The number of aryl methyl sites for hydroxylation is 2. The minimum Gasteiger partial charge on any atom is -0.326 e. The van der Waals surface area contributed by atoms with Crippen LogP contribution in [0.3, 0.4) is 0 Å². The predicted octanol–water partition coefficient (Wildman–Crippen LogP) is 4.79. The van der Waals surface area contributed by atoms with Gasteiger partial charge in [-0.3, -0.25) is 4.79 Å². The van der Waals surface area contributed by atoms with Gasteiger partial charge in [0.05, 0.1) is 21.7 Å². The van der Waals surface area contributed by atoms with Crippen molar-refractivity contribution in [2.45, 2.75) is 32.4 Å². The van der Waals surface area contributed by atoms with Crippen molar-refractivity contribution in [3.63, 3.8) is 0 Å². The average molecular weight is 455 g/mol. The summed E-state index contributed by atoms with van der Waals surface area (Å²) in [6.07, 6.45) is 1.31. The third-order valence-corrected chi connectivity index (χ3v) is 7.69. The van der Waals surface area contributed by atoms with E-state index < -0.39 is 10.0 Å². The smallest absolute Gasteiger partial charge is 0.228 e. The average Bonchev–Trinajstić information content (AvgIpc) is 2.67. The number of amides is 1. The molecule has 1 heterocycles. The molecular weight excluding hydrogens is 431 g/mol. The van der Waals surface area contributed by atoms with Crippen molar-refractivity contribution in [1.82, 2.24) is 4.31 Å². The molecule has 5 nitrogen and oxygen atoms in total. The fourth-order valence-corrected chi connectivity index (χ4v) is 5.36. The second-order valence-corrected chi connectivity index (χ2v) is 10.3. The van der Waals surface area contributed by atoms with Gasteiger partial charge >= 0.3 is 0 Å². The molecule has 1 amide bonds. The normalized spacial score (nSPS) is 17.9. The SMILES string of the molecule is Cc1ccc(C)c(NC(=O)[C@H]2CCCN(S(=O)(=O)Cc3ccc(Cl)c(Cl)c3)C2)c1. The lowest BCUT2D eigenvalue weighted by atomic mass is 9.98. The van der Waals surface area contributed by atoms with Gasteiger partial charge in [-0.25, -0.2) is 12.7 Å². The number of hydrogen-bond acceptors (Lipinski definition) is 3. The summed E-state index contributed by atoms with van der Waals surface area (Å²) < 4.78 is 27.2. The Morgan fingerprint density at radius 2 is 1.90 bits per heavy atom. The lowest BCUT2D eigenvalue weighted by Gasteiger charge is -2.31. The molecule has 2 aromatic carbocycles. The van der Waals surface area contributed by atoms with E-state index in [-0.39, 0.29) is 24.1 Å². The summed E-state index contributed by atoms with van der Waals surface area (Å²) in [5, 5.41) is 3.67. The second kappa shape index (κ2) is 9.04. The molecule has 0 saturated carbocycles. The first-order valence-electron chi connectivity index (χ1n) is 9.45. The van der Waals surface area contributed by atoms with Gasteiger partial charge in [-0.15, -0.1) is 0 Å². The van der Waals surface area contributed by atoms with Gasteiger partial charge in [-0.05, 0) is 61.6 Å². The molecule has 0 radical (unpaired) electrons. The maximum absolute atomic E-state index is 12.9. The van der Waals surface area contributed by atoms with Gasteiger partial charge in [0.1, 0.15) is 0 Å². The van der Waals surface area contributed by atoms with Crippen LogP contribution in [-0.2, 0) is 20.6 Å². The van der Waals surface area contributed by atoms with Crippen molar-refractivity contribution in [1.29, 1.82) is 0 Å². The van der Waals surface area contributed by atoms with E-state index in [0.717, 1.165) is 16.8 Å². The van der Waals surface area contributed by atoms with Crippen LogP contribution in [0.2, 0.25) is 10.0 Å². The third kappa shape index (κ3) is 5.51. The lowest BCUT2D eigenvalue weighted by Crippen LogP contribution is -2.44. The van der Waals surface area contributed by atoms with Crippen molar-refractivity contribution < 1.29 is 13.2 Å². The molecule has 0 bridgehead atoms. The topological polar surface area (TPSA) is 66.5 Å². The van der Waals surface area contributed by atoms with Crippen LogP contribution >= 0.6 is 23.2 Å². The number of hydrogen-bond donors (Lipinski definition) is 1. The van der Waals surface area contributed by atoms with E-state index in [9.17, 15) is 13.2 Å². The van der Waals surface area contributed by atoms with Crippen LogP contribution in [-0.4, -0.2) is 31.7 Å². The number of rotatable bonds is 5. The summed E-state index contributed by atoms with van der Waals surface area (Å²) in [6, 6.07) is 10.7. The highest BCUT2D eigenvalue weighted by atomic mass is 35.5. The Morgan fingerprint density at radius 3 is 2.62 bits per heavy atom. The second-order valence-electron chi connectivity index (χ2n) is 7.51. The van der Waals surface area contributed by atoms with Crippen molar-refractivity contribution in [3.8, 4) is 0 Å². The molecule has 1 fully saturated rings. The first kappa shape index (κ1) is 22.1. The number of sulfonamides is 1. The summed E-state index contributed by atoms with van der Waals surface area (Å²) in [7, 11) is -3.57. The number of piperidine rings is 1. The zero-order chi connectivity index (χ0) is 21.2. The highest BCUT2D eigenvalue weighted by Gasteiger charge is 2.32. The van der Waals surface area contributed by atoms with E-state index in [2.05, 4.69) is 5.32 Å². The van der Waals surface area contributed by atoms with E-state index >= 15 is 0 Å². The fraction of sp³-hybridized carbons (Fsp3) is 0.381. The molecule has 1 atom stereocenters. The Balaban J connectivity index is 1.69. The predicted molar refractivity (Wildman–Crippen MR) is 118 cm³/mol. The van der Waals surface area contributed by atoms with Gasteiger partial charge in [-0.1, -0.05) is 41.4 Å². The molecule has 0 aromatic heterocycles. The molecule has 1 N–H and O–H groups in total. The van der Waals surface area contributed by atoms with E-state index in [4.69, 9.17) is 23.2 Å². The minimum atomic E-state index is -3.57. The summed E-state index contributed by atoms with van der Waals surface area (Å²) in [5.74, 6) is -0.699. The fourth-order valence-electron chi connectivity index (χ4n) is 3.45. The quantitative estimate of drug-likeness (QED) is 0.705. The molecule has 3 rings (SSSR count). The number of carbonyl (C=O) groups excluding carboxylic acids is 1. The molecule has 1 aliphatic rings. The monoisotopic (exact) mass is 454 g/mol. The van der Waals surface area contributed by atoms with Crippen LogP contribution in [0, 0.1) is 19.8 Å². The Kier molecular flexibility index (Phi) is 6.89. The van der Waals surface area contributed by atoms with Crippen LogP contribution in [0.5, 0.6) is 0 Å². The van der Waals surface area contributed by atoms with Crippen molar-refractivity contribution in [3.05, 3.63) is 63.1 Å². The molecule has 1 saturated heterocycles. The molecule has 156 valence electrons. The molecule has 8 heteroatoms. The van der Waals surface area contributed by atoms with E-state index in [1.165, 1.54) is 4.31 Å². The first-order valence-corrected chi connectivity index (χ1v) is 11.8. The zero-order valence-corrected chi connectivity index (χ0v) is 18.7. The Labute approximate surface area is 182 Å². The maximum Gasteiger partial charge on any atom is 0.228 e. The number of carbonyl (C=O) groups is 1. The molecule has 0 unspecified atom stereocenters. The van der Waals surface area contributed by atoms with Crippen molar-refractivity contribution >= 4 is 44.8 Å². The largest absolute Gasteiger partial charge is 0.326 e. The minimum absolute atomic E-state index is 0.145. The molecule has 1 aliphatic heterocycles. The lowest BCUT2D eigenvalue weighted by molar-refractivity contribution is -0.120. The number of anilines is 1. The Bertz CT molecular complexity index is 1020. The summed E-state index contributed by atoms with van der Waals surface area (Å²) in [5.41, 5.74) is 3.37. The number of benzene rings is 2. The molecular formula is C21H24Cl2N2O3S. The Hall–Kier alpha value is -1.60. The van der Waals surface area contributed by atoms with Crippen LogP contribution < -0.4 is 5.32 Å². The molecule has 0 spiro atoms. The van der Waals surface area contributed by atoms with E-state index in [1.807, 2.05) is 32.0 Å². The third-order valence-electron chi connectivity index (χ3n) is 5.13. The highest BCUT2D eigenvalue weighted by Crippen LogP contribution is 2.27. The maximum atomic E-state index is 12.9. The summed E-state index contributed by atoms with van der Waals surface area (Å²) in [4.78, 5) is 12.8. The van der Waals surface area contributed by atoms with Crippen molar-refractivity contribution in [2.24, 2.45) is 5.92 Å². The van der Waals surface area contributed by atoms with Gasteiger partial charge < -0.3 is 5.32 Å². The van der Waals surface area contributed by atoms with Crippen LogP contribution in [0.25, 0.3) is 0 Å². The van der Waals surface area contributed by atoms with Crippen LogP contribution in [0.1, 0.15) is 29.5 Å². The van der Waals surface area contributed by atoms with Crippen LogP contribution in [0.4, 0.5) is 5.69 Å². The number of halogens is 2. The van der Waals surface area contributed by atoms with E-state index in [0.29, 0.717) is 35.0 Å².